The van der Waals surface area contributed by atoms with Gasteiger partial charge in [-0.3, -0.25) is 9.59 Å². The van der Waals surface area contributed by atoms with E-state index in [1.165, 1.54) is 5.56 Å². The summed E-state index contributed by atoms with van der Waals surface area (Å²) in [6.45, 7) is 0.676. The highest BCUT2D eigenvalue weighted by Crippen LogP contribution is 2.38. The van der Waals surface area contributed by atoms with Crippen LogP contribution in [0.15, 0.2) is 78.9 Å². The third-order valence-electron chi connectivity index (χ3n) is 5.03. The summed E-state index contributed by atoms with van der Waals surface area (Å²) in [6.07, 6.45) is 0.821. The Bertz CT molecular complexity index is 1040. The van der Waals surface area contributed by atoms with Crippen LogP contribution in [-0.4, -0.2) is 29.0 Å². The van der Waals surface area contributed by atoms with Gasteiger partial charge in [0, 0.05) is 12.1 Å². The Morgan fingerprint density at radius 3 is 2.43 bits per heavy atom. The van der Waals surface area contributed by atoms with E-state index in [1.54, 1.807) is 36.0 Å². The van der Waals surface area contributed by atoms with Crippen LogP contribution in [0.5, 0.6) is 0 Å². The minimum absolute atomic E-state index is 0.0260. The van der Waals surface area contributed by atoms with Crippen LogP contribution >= 0.6 is 23.4 Å². The molecule has 6 heteroatoms. The minimum Gasteiger partial charge on any atom is -0.326 e. The van der Waals surface area contributed by atoms with Gasteiger partial charge in [0.2, 0.25) is 5.91 Å². The van der Waals surface area contributed by atoms with Gasteiger partial charge in [-0.25, -0.2) is 0 Å². The van der Waals surface area contributed by atoms with Crippen molar-refractivity contribution in [2.45, 2.75) is 11.8 Å². The van der Waals surface area contributed by atoms with Crippen LogP contribution in [0.3, 0.4) is 0 Å². The third kappa shape index (κ3) is 4.69. The molecule has 0 spiro atoms. The zero-order valence-electron chi connectivity index (χ0n) is 16.3. The molecule has 30 heavy (non-hydrogen) atoms. The Labute approximate surface area is 185 Å². The topological polar surface area (TPSA) is 49.4 Å². The third-order valence-corrected chi connectivity index (χ3v) is 6.62. The predicted octanol–water partition coefficient (Wildman–Crippen LogP) is 5.41. The van der Waals surface area contributed by atoms with Crippen molar-refractivity contribution in [1.29, 1.82) is 0 Å². The maximum atomic E-state index is 12.5. The van der Waals surface area contributed by atoms with Crippen LogP contribution < -0.4 is 5.32 Å². The van der Waals surface area contributed by atoms with Crippen molar-refractivity contribution in [2.75, 3.05) is 17.6 Å². The molecule has 0 aliphatic carbocycles. The Morgan fingerprint density at radius 2 is 1.70 bits per heavy atom. The van der Waals surface area contributed by atoms with Gasteiger partial charge in [-0.2, -0.15) is 0 Å². The highest BCUT2D eigenvalue weighted by molar-refractivity contribution is 8.00. The minimum atomic E-state index is -0.217. The highest BCUT2D eigenvalue weighted by Gasteiger charge is 2.32. The first-order chi connectivity index (χ1) is 14.6. The summed E-state index contributed by atoms with van der Waals surface area (Å²) in [4.78, 5) is 26.9. The van der Waals surface area contributed by atoms with Crippen LogP contribution in [-0.2, 0) is 11.2 Å². The molecule has 1 aliphatic rings. The second-order valence-corrected chi connectivity index (χ2v) is 8.52. The van der Waals surface area contributed by atoms with Crippen LogP contribution in [0.25, 0.3) is 0 Å². The number of nitrogens with zero attached hydrogens (tertiary/aromatic N) is 1. The number of carbonyl (C=O) groups excluding carboxylic acids is 2. The van der Waals surface area contributed by atoms with Crippen molar-refractivity contribution < 1.29 is 9.59 Å². The molecular formula is C24H21ClN2O2S. The van der Waals surface area contributed by atoms with Crippen LogP contribution in [0, 0.1) is 0 Å². The van der Waals surface area contributed by atoms with Crippen LogP contribution in [0.2, 0.25) is 5.02 Å². The Balaban J connectivity index is 1.44. The van der Waals surface area contributed by atoms with E-state index in [2.05, 4.69) is 17.4 Å². The van der Waals surface area contributed by atoms with Gasteiger partial charge >= 0.3 is 0 Å². The monoisotopic (exact) mass is 436 g/mol. The van der Waals surface area contributed by atoms with Crippen molar-refractivity contribution in [3.63, 3.8) is 0 Å². The van der Waals surface area contributed by atoms with Crippen LogP contribution in [0.1, 0.15) is 26.9 Å². The lowest BCUT2D eigenvalue weighted by molar-refractivity contribution is -0.128. The Morgan fingerprint density at radius 1 is 1.00 bits per heavy atom. The Kier molecular flexibility index (Phi) is 6.41. The molecule has 3 aromatic carbocycles. The van der Waals surface area contributed by atoms with Gasteiger partial charge in [-0.15, -0.1) is 11.8 Å². The van der Waals surface area contributed by atoms with E-state index in [0.29, 0.717) is 28.6 Å². The molecule has 0 unspecified atom stereocenters. The van der Waals surface area contributed by atoms with E-state index in [4.69, 9.17) is 11.6 Å². The zero-order valence-corrected chi connectivity index (χ0v) is 17.8. The van der Waals surface area contributed by atoms with Gasteiger partial charge in [-0.05, 0) is 41.8 Å². The summed E-state index contributed by atoms with van der Waals surface area (Å²) in [5.74, 6) is 0.418. The standard InChI is InChI=1S/C24H21ClN2O2S/c25-20-8-4-5-9-21(20)26-23(29)18-10-12-19(13-11-18)24-27(22(28)16-30-24)15-14-17-6-2-1-3-7-17/h1-13,24H,14-16H2,(H,26,29)/t24-/m1/s1. The molecule has 1 fully saturated rings. The van der Waals surface area contributed by atoms with E-state index in [-0.39, 0.29) is 17.2 Å². The molecule has 1 aliphatic heterocycles. The molecule has 1 heterocycles. The molecule has 2 amide bonds. The first-order valence-electron chi connectivity index (χ1n) is 9.72. The molecular weight excluding hydrogens is 416 g/mol. The number of anilines is 1. The maximum Gasteiger partial charge on any atom is 0.255 e. The number of thioether (sulfide) groups is 1. The molecule has 152 valence electrons. The number of halogens is 1. The molecule has 0 aromatic heterocycles. The fraction of sp³-hybridized carbons (Fsp3) is 0.167. The SMILES string of the molecule is O=C(Nc1ccccc1Cl)c1ccc([C@H]2SCC(=O)N2CCc2ccccc2)cc1. The van der Waals surface area contributed by atoms with Gasteiger partial charge in [0.15, 0.2) is 0 Å². The number of hydrogen-bond donors (Lipinski definition) is 1. The van der Waals surface area contributed by atoms with E-state index < -0.39 is 0 Å². The normalized spacial score (nSPS) is 16.0. The average Bonchev–Trinajstić information content (AvgIpc) is 3.15. The molecule has 1 N–H and O–H groups in total. The first-order valence-corrected chi connectivity index (χ1v) is 11.2. The van der Waals surface area contributed by atoms with Crippen molar-refractivity contribution >= 4 is 40.9 Å². The molecule has 3 aromatic rings. The molecule has 0 radical (unpaired) electrons. The maximum absolute atomic E-state index is 12.5. The van der Waals surface area contributed by atoms with Crippen LogP contribution in [0.4, 0.5) is 5.69 Å². The fourth-order valence-corrected chi connectivity index (χ4v) is 4.82. The molecule has 1 saturated heterocycles. The summed E-state index contributed by atoms with van der Waals surface area (Å²) >= 11 is 7.74. The number of rotatable bonds is 6. The van der Waals surface area contributed by atoms with Crippen molar-refractivity contribution in [3.05, 3.63) is 101 Å². The van der Waals surface area contributed by atoms with Crippen molar-refractivity contribution in [3.8, 4) is 0 Å². The van der Waals surface area contributed by atoms with Crippen molar-refractivity contribution in [1.82, 2.24) is 4.90 Å². The summed E-state index contributed by atoms with van der Waals surface area (Å²) in [7, 11) is 0. The van der Waals surface area contributed by atoms with Gasteiger partial charge in [0.25, 0.3) is 5.91 Å². The molecule has 4 rings (SSSR count). The van der Waals surface area contributed by atoms with E-state index in [0.717, 1.165) is 12.0 Å². The molecule has 0 bridgehead atoms. The van der Waals surface area contributed by atoms with Gasteiger partial charge in [-0.1, -0.05) is 66.2 Å². The molecule has 1 atom stereocenters. The van der Waals surface area contributed by atoms with Crippen molar-refractivity contribution in [2.24, 2.45) is 0 Å². The lowest BCUT2D eigenvalue weighted by Gasteiger charge is -2.24. The number of para-hydroxylation sites is 1. The molecule has 0 saturated carbocycles. The largest absolute Gasteiger partial charge is 0.326 e. The quantitative estimate of drug-likeness (QED) is 0.562. The summed E-state index contributed by atoms with van der Waals surface area (Å²) in [5.41, 5.74) is 3.36. The predicted molar refractivity (Wildman–Crippen MR) is 123 cm³/mol. The number of amides is 2. The molecule has 4 nitrogen and oxygen atoms in total. The number of nitrogens with one attached hydrogen (secondary N) is 1. The second-order valence-electron chi connectivity index (χ2n) is 7.04. The van der Waals surface area contributed by atoms with Gasteiger partial charge in [0.1, 0.15) is 5.37 Å². The number of benzene rings is 3. The second kappa shape index (κ2) is 9.37. The number of carbonyl (C=O) groups is 2. The fourth-order valence-electron chi connectivity index (χ4n) is 3.42. The lowest BCUT2D eigenvalue weighted by atomic mass is 10.1. The van der Waals surface area contributed by atoms with E-state index in [9.17, 15) is 9.59 Å². The lowest BCUT2D eigenvalue weighted by Crippen LogP contribution is -2.30. The average molecular weight is 437 g/mol. The summed E-state index contributed by atoms with van der Waals surface area (Å²) in [6, 6.07) is 24.7. The Hall–Kier alpha value is -2.76. The first kappa shape index (κ1) is 20.5. The van der Waals surface area contributed by atoms with Gasteiger partial charge in [0.05, 0.1) is 16.5 Å². The van der Waals surface area contributed by atoms with E-state index >= 15 is 0 Å². The van der Waals surface area contributed by atoms with E-state index in [1.807, 2.05) is 47.4 Å². The highest BCUT2D eigenvalue weighted by atomic mass is 35.5. The summed E-state index contributed by atoms with van der Waals surface area (Å²) < 4.78 is 0. The zero-order chi connectivity index (χ0) is 20.9. The smallest absolute Gasteiger partial charge is 0.255 e. The summed E-state index contributed by atoms with van der Waals surface area (Å²) in [5, 5.41) is 3.30. The number of hydrogen-bond acceptors (Lipinski definition) is 3. The van der Waals surface area contributed by atoms with Gasteiger partial charge < -0.3 is 10.2 Å².